The zero-order valence-electron chi connectivity index (χ0n) is 5.66. The van der Waals surface area contributed by atoms with Gasteiger partial charge in [0.05, 0.1) is 0 Å². The molecule has 0 saturated carbocycles. The maximum absolute atomic E-state index is 10.7. The van der Waals surface area contributed by atoms with Gasteiger partial charge in [-0.3, -0.25) is 19.7 Å². The molecule has 1 saturated heterocycles. The number of aliphatic carboxylic acids is 1. The van der Waals surface area contributed by atoms with Gasteiger partial charge < -0.3 is 5.11 Å². The highest BCUT2D eigenvalue weighted by molar-refractivity contribution is 6.06. The molecule has 11 heavy (non-hydrogen) atoms. The van der Waals surface area contributed by atoms with Gasteiger partial charge in [-0.2, -0.15) is 0 Å². The highest BCUT2D eigenvalue weighted by atomic mass is 16.4. The second-order valence-corrected chi connectivity index (χ2v) is 2.34. The van der Waals surface area contributed by atoms with Gasteiger partial charge in [0.1, 0.15) is 5.92 Å². The van der Waals surface area contributed by atoms with Crippen molar-refractivity contribution in [2.45, 2.75) is 12.8 Å². The molecule has 0 aromatic rings. The molecular formula is C6H7NO4. The van der Waals surface area contributed by atoms with Crippen molar-refractivity contribution in [2.75, 3.05) is 0 Å². The van der Waals surface area contributed by atoms with Gasteiger partial charge in [-0.25, -0.2) is 0 Å². The van der Waals surface area contributed by atoms with Crippen LogP contribution in [0, 0.1) is 5.92 Å². The molecule has 0 aliphatic carbocycles. The Kier molecular flexibility index (Phi) is 1.89. The van der Waals surface area contributed by atoms with Gasteiger partial charge >= 0.3 is 5.97 Å². The Bertz CT molecular complexity index is 223. The molecule has 60 valence electrons. The fourth-order valence-electron chi connectivity index (χ4n) is 0.929. The molecule has 0 aromatic heterocycles. The lowest BCUT2D eigenvalue weighted by atomic mass is 9.99. The van der Waals surface area contributed by atoms with Crippen LogP contribution >= 0.6 is 0 Å². The number of carbonyl (C=O) groups excluding carboxylic acids is 2. The summed E-state index contributed by atoms with van der Waals surface area (Å²) in [6.07, 6.45) is 0.225. The number of nitrogens with one attached hydrogen (secondary N) is 1. The molecule has 0 spiro atoms. The molecular weight excluding hydrogens is 150 g/mol. The summed E-state index contributed by atoms with van der Waals surface area (Å²) in [6, 6.07) is 0. The molecule has 5 nitrogen and oxygen atoms in total. The van der Waals surface area contributed by atoms with Crippen LogP contribution in [0.25, 0.3) is 0 Å². The lowest BCUT2D eigenvalue weighted by Gasteiger charge is -2.16. The van der Waals surface area contributed by atoms with Crippen LogP contribution in [0.2, 0.25) is 0 Å². The fourth-order valence-corrected chi connectivity index (χ4v) is 0.929. The van der Waals surface area contributed by atoms with Crippen LogP contribution in [0.3, 0.4) is 0 Å². The van der Waals surface area contributed by atoms with E-state index in [1.807, 2.05) is 5.32 Å². The Morgan fingerprint density at radius 2 is 2.18 bits per heavy atom. The normalized spacial score (nSPS) is 24.5. The lowest BCUT2D eigenvalue weighted by Crippen LogP contribution is -2.43. The third-order valence-electron chi connectivity index (χ3n) is 1.54. The van der Waals surface area contributed by atoms with Crippen LogP contribution in [-0.4, -0.2) is 22.9 Å². The molecule has 0 radical (unpaired) electrons. The first-order chi connectivity index (χ1) is 5.11. The van der Waals surface area contributed by atoms with E-state index in [0.29, 0.717) is 0 Å². The highest BCUT2D eigenvalue weighted by Crippen LogP contribution is 2.11. The number of hydrogen-bond donors (Lipinski definition) is 2. The minimum Gasteiger partial charge on any atom is -0.481 e. The van der Waals surface area contributed by atoms with E-state index >= 15 is 0 Å². The summed E-state index contributed by atoms with van der Waals surface area (Å²) < 4.78 is 0. The maximum Gasteiger partial charge on any atom is 0.316 e. The van der Waals surface area contributed by atoms with Crippen LogP contribution < -0.4 is 5.32 Å². The summed E-state index contributed by atoms with van der Waals surface area (Å²) in [5.74, 6) is -3.32. The van der Waals surface area contributed by atoms with E-state index in [4.69, 9.17) is 5.11 Å². The average molecular weight is 157 g/mol. The van der Waals surface area contributed by atoms with Gasteiger partial charge in [0.15, 0.2) is 0 Å². The number of piperidine rings is 1. The second-order valence-electron chi connectivity index (χ2n) is 2.34. The summed E-state index contributed by atoms with van der Waals surface area (Å²) in [4.78, 5) is 31.5. The molecule has 0 bridgehead atoms. The van der Waals surface area contributed by atoms with Gasteiger partial charge in [0.2, 0.25) is 11.8 Å². The van der Waals surface area contributed by atoms with Gasteiger partial charge in [0.25, 0.3) is 0 Å². The van der Waals surface area contributed by atoms with E-state index in [1.165, 1.54) is 0 Å². The van der Waals surface area contributed by atoms with E-state index in [0.717, 1.165) is 0 Å². The van der Waals surface area contributed by atoms with Crippen molar-refractivity contribution >= 4 is 17.8 Å². The Labute approximate surface area is 62.4 Å². The van der Waals surface area contributed by atoms with Crippen molar-refractivity contribution in [1.29, 1.82) is 0 Å². The van der Waals surface area contributed by atoms with E-state index in [1.54, 1.807) is 0 Å². The molecule has 5 heteroatoms. The van der Waals surface area contributed by atoms with Crippen LogP contribution in [0.5, 0.6) is 0 Å². The lowest BCUT2D eigenvalue weighted by molar-refractivity contribution is -0.150. The first kappa shape index (κ1) is 7.71. The molecule has 1 fully saturated rings. The predicted octanol–water partition coefficient (Wildman–Crippen LogP) is -0.876. The van der Waals surface area contributed by atoms with Crippen molar-refractivity contribution in [3.05, 3.63) is 0 Å². The van der Waals surface area contributed by atoms with Crippen LogP contribution in [-0.2, 0) is 14.4 Å². The molecule has 1 heterocycles. The molecule has 1 atom stereocenters. The summed E-state index contributed by atoms with van der Waals surface area (Å²) in [5, 5.41) is 10.4. The Morgan fingerprint density at radius 3 is 2.64 bits per heavy atom. The zero-order valence-corrected chi connectivity index (χ0v) is 5.66. The van der Waals surface area contributed by atoms with Gasteiger partial charge in [-0.1, -0.05) is 0 Å². The summed E-state index contributed by atoms with van der Waals surface area (Å²) >= 11 is 0. The number of rotatable bonds is 1. The predicted molar refractivity (Wildman–Crippen MR) is 33.5 cm³/mol. The number of imide groups is 1. The molecule has 0 unspecified atom stereocenters. The standard InChI is InChI=1S/C6H7NO4/c8-4-2-1-3(6(10)11)5(9)7-4/h3H,1-2H2,(H,10,11)(H,7,8,9)/t3-/m1/s1. The van der Waals surface area contributed by atoms with Crippen LogP contribution in [0.4, 0.5) is 0 Å². The van der Waals surface area contributed by atoms with Gasteiger partial charge in [0, 0.05) is 6.42 Å². The Balaban J connectivity index is 2.65. The van der Waals surface area contributed by atoms with Gasteiger partial charge in [-0.15, -0.1) is 0 Å². The number of carboxylic acids is 1. The number of hydrogen-bond acceptors (Lipinski definition) is 3. The highest BCUT2D eigenvalue weighted by Gasteiger charge is 2.31. The molecule has 2 amide bonds. The summed E-state index contributed by atoms with van der Waals surface area (Å²) in [5.41, 5.74) is 0. The quantitative estimate of drug-likeness (QED) is 0.382. The van der Waals surface area contributed by atoms with Crippen molar-refractivity contribution in [1.82, 2.24) is 5.32 Å². The first-order valence-electron chi connectivity index (χ1n) is 3.18. The largest absolute Gasteiger partial charge is 0.481 e. The third kappa shape index (κ3) is 1.54. The maximum atomic E-state index is 10.7. The molecule has 1 aliphatic rings. The van der Waals surface area contributed by atoms with E-state index < -0.39 is 23.7 Å². The van der Waals surface area contributed by atoms with Gasteiger partial charge in [-0.05, 0) is 6.42 Å². The van der Waals surface area contributed by atoms with Crippen molar-refractivity contribution in [3.63, 3.8) is 0 Å². The van der Waals surface area contributed by atoms with E-state index in [9.17, 15) is 14.4 Å². The molecule has 0 aromatic carbocycles. The van der Waals surface area contributed by atoms with E-state index in [2.05, 4.69) is 0 Å². The van der Waals surface area contributed by atoms with Crippen molar-refractivity contribution in [3.8, 4) is 0 Å². The van der Waals surface area contributed by atoms with Crippen molar-refractivity contribution < 1.29 is 19.5 Å². The Morgan fingerprint density at radius 1 is 1.55 bits per heavy atom. The molecule has 1 rings (SSSR count). The van der Waals surface area contributed by atoms with E-state index in [-0.39, 0.29) is 12.8 Å². The SMILES string of the molecule is O=C1CC[C@@H](C(=O)O)C(=O)N1. The number of carboxylic acid groups (broad SMARTS) is 1. The fraction of sp³-hybridized carbons (Fsp3) is 0.500. The topological polar surface area (TPSA) is 83.5 Å². The van der Waals surface area contributed by atoms with Crippen LogP contribution in [0.1, 0.15) is 12.8 Å². The Hall–Kier alpha value is -1.39. The number of amides is 2. The molecule has 1 aliphatic heterocycles. The first-order valence-corrected chi connectivity index (χ1v) is 3.18. The second kappa shape index (κ2) is 2.69. The average Bonchev–Trinajstić information content (AvgIpc) is 1.85. The third-order valence-corrected chi connectivity index (χ3v) is 1.54. The monoisotopic (exact) mass is 157 g/mol. The molecule has 2 N–H and O–H groups in total. The minimum absolute atomic E-state index is 0.111. The summed E-state index contributed by atoms with van der Waals surface area (Å²) in [7, 11) is 0. The van der Waals surface area contributed by atoms with Crippen molar-refractivity contribution in [2.24, 2.45) is 5.92 Å². The zero-order chi connectivity index (χ0) is 8.43. The number of carbonyl (C=O) groups is 3. The van der Waals surface area contributed by atoms with Crippen LogP contribution in [0.15, 0.2) is 0 Å². The minimum atomic E-state index is -1.17. The summed E-state index contributed by atoms with van der Waals surface area (Å²) in [6.45, 7) is 0. The smallest absolute Gasteiger partial charge is 0.316 e.